The Morgan fingerprint density at radius 3 is 2.80 bits per heavy atom. The molecule has 0 aromatic heterocycles. The summed E-state index contributed by atoms with van der Waals surface area (Å²) in [7, 11) is 0. The van der Waals surface area contributed by atoms with Gasteiger partial charge in [0.15, 0.2) is 0 Å². The van der Waals surface area contributed by atoms with E-state index >= 15 is 0 Å². The maximum absolute atomic E-state index is 11.9. The molecular formula is C16H23BrN2O. The standard InChI is InChI=1S/C16H23BrN2O/c1-13-5-2-3-11-19(13)12-4-10-18-16(20)14-6-8-15(17)9-7-14/h6-9,13H,2-5,10-12H2,1H3,(H,18,20)/t13-/m1/s1. The number of benzene rings is 1. The Kier molecular flexibility index (Phi) is 6.05. The lowest BCUT2D eigenvalue weighted by Gasteiger charge is -2.33. The first kappa shape index (κ1) is 15.5. The highest BCUT2D eigenvalue weighted by molar-refractivity contribution is 9.10. The molecule has 0 spiro atoms. The molecule has 0 aliphatic carbocycles. The minimum atomic E-state index is 0.0178. The van der Waals surface area contributed by atoms with Crippen LogP contribution in [0.5, 0.6) is 0 Å². The van der Waals surface area contributed by atoms with Crippen LogP contribution in [0.25, 0.3) is 0 Å². The predicted octanol–water partition coefficient (Wildman–Crippen LogP) is 3.44. The van der Waals surface area contributed by atoms with Crippen molar-refractivity contribution in [3.8, 4) is 0 Å². The first-order chi connectivity index (χ1) is 9.66. The third-order valence-corrected chi connectivity index (χ3v) is 4.48. The van der Waals surface area contributed by atoms with Gasteiger partial charge in [0.1, 0.15) is 0 Å². The van der Waals surface area contributed by atoms with E-state index in [0.29, 0.717) is 6.04 Å². The molecule has 4 heteroatoms. The lowest BCUT2D eigenvalue weighted by molar-refractivity contribution is 0.0949. The molecule has 3 nitrogen and oxygen atoms in total. The van der Waals surface area contributed by atoms with Crippen LogP contribution < -0.4 is 5.32 Å². The van der Waals surface area contributed by atoms with Crippen LogP contribution in [0.4, 0.5) is 0 Å². The quantitative estimate of drug-likeness (QED) is 0.834. The number of hydrogen-bond donors (Lipinski definition) is 1. The molecule has 1 aromatic carbocycles. The summed E-state index contributed by atoms with van der Waals surface area (Å²) in [4.78, 5) is 14.5. The second kappa shape index (κ2) is 7.79. The zero-order chi connectivity index (χ0) is 14.4. The number of rotatable bonds is 5. The second-order valence-electron chi connectivity index (χ2n) is 5.50. The van der Waals surface area contributed by atoms with Gasteiger partial charge in [0.05, 0.1) is 0 Å². The highest BCUT2D eigenvalue weighted by atomic mass is 79.9. The van der Waals surface area contributed by atoms with Gasteiger partial charge in [-0.05, 0) is 57.0 Å². The number of nitrogens with zero attached hydrogens (tertiary/aromatic N) is 1. The summed E-state index contributed by atoms with van der Waals surface area (Å²) < 4.78 is 0.994. The van der Waals surface area contributed by atoms with E-state index in [-0.39, 0.29) is 5.91 Å². The minimum absolute atomic E-state index is 0.0178. The van der Waals surface area contributed by atoms with Crippen molar-refractivity contribution in [1.82, 2.24) is 10.2 Å². The van der Waals surface area contributed by atoms with Crippen molar-refractivity contribution >= 4 is 21.8 Å². The summed E-state index contributed by atoms with van der Waals surface area (Å²) in [6.45, 7) is 5.35. The Bertz CT molecular complexity index is 433. The normalized spacial score (nSPS) is 19.8. The molecule has 1 aliphatic heterocycles. The molecule has 0 saturated carbocycles. The number of amides is 1. The third kappa shape index (κ3) is 4.60. The van der Waals surface area contributed by atoms with Crippen LogP contribution in [-0.2, 0) is 0 Å². The van der Waals surface area contributed by atoms with Crippen LogP contribution in [-0.4, -0.2) is 36.5 Å². The minimum Gasteiger partial charge on any atom is -0.352 e. The van der Waals surface area contributed by atoms with Crippen molar-refractivity contribution in [1.29, 1.82) is 0 Å². The summed E-state index contributed by atoms with van der Waals surface area (Å²) in [6.07, 6.45) is 5.01. The van der Waals surface area contributed by atoms with Crippen LogP contribution >= 0.6 is 15.9 Å². The fourth-order valence-corrected chi connectivity index (χ4v) is 2.94. The Balaban J connectivity index is 1.67. The lowest BCUT2D eigenvalue weighted by atomic mass is 10.0. The molecule has 0 unspecified atom stereocenters. The molecule has 1 aliphatic rings. The number of likely N-dealkylation sites (tertiary alicyclic amines) is 1. The van der Waals surface area contributed by atoms with Crippen LogP contribution in [0.15, 0.2) is 28.7 Å². The Morgan fingerprint density at radius 2 is 2.10 bits per heavy atom. The number of nitrogens with one attached hydrogen (secondary N) is 1. The van der Waals surface area contributed by atoms with Gasteiger partial charge in [0.25, 0.3) is 5.91 Å². The molecule has 1 aromatic rings. The van der Waals surface area contributed by atoms with E-state index in [1.54, 1.807) is 0 Å². The van der Waals surface area contributed by atoms with Gasteiger partial charge in [0.2, 0.25) is 0 Å². The fraction of sp³-hybridized carbons (Fsp3) is 0.562. The van der Waals surface area contributed by atoms with Crippen LogP contribution in [0, 0.1) is 0 Å². The first-order valence-electron chi connectivity index (χ1n) is 7.44. The van der Waals surface area contributed by atoms with E-state index in [0.717, 1.165) is 29.5 Å². The number of halogens is 1. The van der Waals surface area contributed by atoms with E-state index in [2.05, 4.69) is 33.1 Å². The van der Waals surface area contributed by atoms with Crippen molar-refractivity contribution < 1.29 is 4.79 Å². The van der Waals surface area contributed by atoms with Gasteiger partial charge >= 0.3 is 0 Å². The van der Waals surface area contributed by atoms with Gasteiger partial charge < -0.3 is 10.2 Å². The molecule has 1 N–H and O–H groups in total. The van der Waals surface area contributed by atoms with Crippen LogP contribution in [0.3, 0.4) is 0 Å². The maximum atomic E-state index is 11.9. The van der Waals surface area contributed by atoms with E-state index in [4.69, 9.17) is 0 Å². The molecule has 1 amide bonds. The van der Waals surface area contributed by atoms with Gasteiger partial charge in [-0.3, -0.25) is 4.79 Å². The summed E-state index contributed by atoms with van der Waals surface area (Å²) in [5, 5.41) is 2.99. The number of carbonyl (C=O) groups is 1. The molecule has 0 bridgehead atoms. The third-order valence-electron chi connectivity index (χ3n) is 3.95. The first-order valence-corrected chi connectivity index (χ1v) is 8.24. The topological polar surface area (TPSA) is 32.3 Å². The zero-order valence-corrected chi connectivity index (χ0v) is 13.7. The molecule has 110 valence electrons. The molecule has 1 saturated heterocycles. The van der Waals surface area contributed by atoms with Crippen molar-refractivity contribution in [2.75, 3.05) is 19.6 Å². The van der Waals surface area contributed by atoms with Gasteiger partial charge in [-0.2, -0.15) is 0 Å². The average Bonchev–Trinajstić information content (AvgIpc) is 2.46. The van der Waals surface area contributed by atoms with Gasteiger partial charge in [-0.15, -0.1) is 0 Å². The van der Waals surface area contributed by atoms with E-state index < -0.39 is 0 Å². The summed E-state index contributed by atoms with van der Waals surface area (Å²) in [6, 6.07) is 8.17. The highest BCUT2D eigenvalue weighted by Gasteiger charge is 2.17. The molecule has 0 radical (unpaired) electrons. The Hall–Kier alpha value is -0.870. The SMILES string of the molecule is C[C@@H]1CCCCN1CCCNC(=O)c1ccc(Br)cc1. The molecule has 1 heterocycles. The van der Waals surface area contributed by atoms with Gasteiger partial charge in [-0.25, -0.2) is 0 Å². The number of hydrogen-bond acceptors (Lipinski definition) is 2. The molecule has 20 heavy (non-hydrogen) atoms. The van der Waals surface area contributed by atoms with Crippen molar-refractivity contribution in [3.63, 3.8) is 0 Å². The smallest absolute Gasteiger partial charge is 0.251 e. The van der Waals surface area contributed by atoms with Gasteiger partial charge in [-0.1, -0.05) is 22.4 Å². The van der Waals surface area contributed by atoms with E-state index in [1.165, 1.54) is 25.8 Å². The number of piperidine rings is 1. The summed E-state index contributed by atoms with van der Waals surface area (Å²) in [5.41, 5.74) is 0.722. The van der Waals surface area contributed by atoms with Crippen LogP contribution in [0.2, 0.25) is 0 Å². The summed E-state index contributed by atoms with van der Waals surface area (Å²) in [5.74, 6) is 0.0178. The number of carbonyl (C=O) groups excluding carboxylic acids is 1. The van der Waals surface area contributed by atoms with Gasteiger partial charge in [0, 0.05) is 29.2 Å². The van der Waals surface area contributed by atoms with E-state index in [1.807, 2.05) is 24.3 Å². The highest BCUT2D eigenvalue weighted by Crippen LogP contribution is 2.16. The van der Waals surface area contributed by atoms with E-state index in [9.17, 15) is 4.79 Å². The average molecular weight is 339 g/mol. The second-order valence-corrected chi connectivity index (χ2v) is 6.41. The molecule has 1 fully saturated rings. The molecular weight excluding hydrogens is 316 g/mol. The Labute approximate surface area is 129 Å². The summed E-state index contributed by atoms with van der Waals surface area (Å²) >= 11 is 3.37. The Morgan fingerprint density at radius 1 is 1.35 bits per heavy atom. The monoisotopic (exact) mass is 338 g/mol. The molecule has 1 atom stereocenters. The van der Waals surface area contributed by atoms with Crippen LogP contribution in [0.1, 0.15) is 43.0 Å². The fourth-order valence-electron chi connectivity index (χ4n) is 2.68. The van der Waals surface area contributed by atoms with Crippen molar-refractivity contribution in [2.24, 2.45) is 0 Å². The van der Waals surface area contributed by atoms with Crippen molar-refractivity contribution in [2.45, 2.75) is 38.6 Å². The van der Waals surface area contributed by atoms with Crippen molar-refractivity contribution in [3.05, 3.63) is 34.3 Å². The lowest BCUT2D eigenvalue weighted by Crippen LogP contribution is -2.39. The maximum Gasteiger partial charge on any atom is 0.251 e. The largest absolute Gasteiger partial charge is 0.352 e. The zero-order valence-electron chi connectivity index (χ0n) is 12.1. The predicted molar refractivity (Wildman–Crippen MR) is 86.0 cm³/mol. The molecule has 2 rings (SSSR count).